The molecule has 0 radical (unpaired) electrons. The molecule has 0 heterocycles. The maximum absolute atomic E-state index is 12.4. The summed E-state index contributed by atoms with van der Waals surface area (Å²) in [4.78, 5) is 34.6. The lowest BCUT2D eigenvalue weighted by Crippen LogP contribution is -2.14. The molecule has 0 aromatic heterocycles. The van der Waals surface area contributed by atoms with Crippen LogP contribution in [0.25, 0.3) is 0 Å². The van der Waals surface area contributed by atoms with E-state index in [9.17, 15) is 14.4 Å². The molecule has 0 saturated heterocycles. The third kappa shape index (κ3) is 6.31. The Bertz CT molecular complexity index is 836. The number of benzene rings is 2. The van der Waals surface area contributed by atoms with Crippen molar-refractivity contribution in [3.8, 4) is 5.75 Å². The standard InChI is InChI=1S/C19H19ClN2O5/c1-27-16-10-7-13(20)11-15(16)22-19(26)12-5-8-14(9-6-12)21-17(23)3-2-4-18(24)25/h5-11H,2-4H2,1H3,(H,21,23)(H,22,26)(H,24,25). The minimum Gasteiger partial charge on any atom is -0.495 e. The Morgan fingerprint density at radius 2 is 1.74 bits per heavy atom. The number of ether oxygens (including phenoxy) is 1. The van der Waals surface area contributed by atoms with Crippen molar-refractivity contribution in [3.05, 3.63) is 53.1 Å². The van der Waals surface area contributed by atoms with Crippen LogP contribution in [0, 0.1) is 0 Å². The summed E-state index contributed by atoms with van der Waals surface area (Å²) in [5.41, 5.74) is 1.36. The van der Waals surface area contributed by atoms with E-state index in [0.717, 1.165) is 0 Å². The van der Waals surface area contributed by atoms with Crippen LogP contribution in [0.3, 0.4) is 0 Å². The molecular formula is C19H19ClN2O5. The number of aliphatic carboxylic acids is 1. The molecule has 8 heteroatoms. The monoisotopic (exact) mass is 390 g/mol. The van der Waals surface area contributed by atoms with Gasteiger partial charge in [0.2, 0.25) is 5.91 Å². The van der Waals surface area contributed by atoms with E-state index in [4.69, 9.17) is 21.4 Å². The van der Waals surface area contributed by atoms with Crippen LogP contribution < -0.4 is 15.4 Å². The van der Waals surface area contributed by atoms with Gasteiger partial charge in [0, 0.05) is 29.1 Å². The molecule has 2 aromatic rings. The molecule has 2 aromatic carbocycles. The smallest absolute Gasteiger partial charge is 0.303 e. The number of hydrogen-bond acceptors (Lipinski definition) is 4. The van der Waals surface area contributed by atoms with Gasteiger partial charge in [-0.25, -0.2) is 0 Å². The molecule has 3 N–H and O–H groups in total. The number of carboxylic acids is 1. The Balaban J connectivity index is 1.96. The lowest BCUT2D eigenvalue weighted by Gasteiger charge is -2.11. The van der Waals surface area contributed by atoms with Gasteiger partial charge in [-0.2, -0.15) is 0 Å². The second kappa shape index (κ2) is 9.59. The van der Waals surface area contributed by atoms with Gasteiger partial charge in [-0.05, 0) is 48.9 Å². The Morgan fingerprint density at radius 1 is 1.04 bits per heavy atom. The first kappa shape index (κ1) is 20.3. The summed E-state index contributed by atoms with van der Waals surface area (Å²) < 4.78 is 5.19. The number of carboxylic acid groups (broad SMARTS) is 1. The average Bonchev–Trinajstić information content (AvgIpc) is 2.62. The molecule has 0 spiro atoms. The summed E-state index contributed by atoms with van der Waals surface area (Å²) in [6.07, 6.45) is 0.325. The molecule has 2 rings (SSSR count). The molecule has 0 fully saturated rings. The Morgan fingerprint density at radius 3 is 2.37 bits per heavy atom. The minimum atomic E-state index is -0.936. The lowest BCUT2D eigenvalue weighted by molar-refractivity contribution is -0.137. The second-order valence-electron chi connectivity index (χ2n) is 5.67. The molecule has 0 saturated carbocycles. The topological polar surface area (TPSA) is 105 Å². The average molecular weight is 391 g/mol. The first-order valence-electron chi connectivity index (χ1n) is 8.15. The van der Waals surface area contributed by atoms with Crippen LogP contribution in [0.15, 0.2) is 42.5 Å². The van der Waals surface area contributed by atoms with Crippen molar-refractivity contribution in [3.63, 3.8) is 0 Å². The SMILES string of the molecule is COc1ccc(Cl)cc1NC(=O)c1ccc(NC(=O)CCCC(=O)O)cc1. The predicted molar refractivity (Wildman–Crippen MR) is 103 cm³/mol. The maximum Gasteiger partial charge on any atom is 0.303 e. The quantitative estimate of drug-likeness (QED) is 0.636. The minimum absolute atomic E-state index is 0.0561. The summed E-state index contributed by atoms with van der Waals surface area (Å²) in [5.74, 6) is -1.08. The zero-order valence-corrected chi connectivity index (χ0v) is 15.4. The van der Waals surface area contributed by atoms with Crippen molar-refractivity contribution in [2.45, 2.75) is 19.3 Å². The summed E-state index contributed by atoms with van der Waals surface area (Å²) in [6, 6.07) is 11.2. The van der Waals surface area contributed by atoms with Crippen LogP contribution in [0.2, 0.25) is 5.02 Å². The van der Waals surface area contributed by atoms with Crippen LogP contribution in [-0.4, -0.2) is 30.0 Å². The Labute approximate surface area is 161 Å². The van der Waals surface area contributed by atoms with E-state index in [1.807, 2.05) is 0 Å². The molecule has 0 unspecified atom stereocenters. The fourth-order valence-electron chi connectivity index (χ4n) is 2.30. The van der Waals surface area contributed by atoms with Crippen LogP contribution in [-0.2, 0) is 9.59 Å². The fraction of sp³-hybridized carbons (Fsp3) is 0.211. The largest absolute Gasteiger partial charge is 0.495 e. The third-order valence-corrected chi connectivity index (χ3v) is 3.87. The number of carbonyl (C=O) groups is 3. The number of rotatable bonds is 8. The maximum atomic E-state index is 12.4. The highest BCUT2D eigenvalue weighted by Gasteiger charge is 2.11. The van der Waals surface area contributed by atoms with Crippen molar-refractivity contribution in [1.29, 1.82) is 0 Å². The van der Waals surface area contributed by atoms with Crippen LogP contribution >= 0.6 is 11.6 Å². The molecule has 0 bridgehead atoms. The third-order valence-electron chi connectivity index (χ3n) is 3.64. The van der Waals surface area contributed by atoms with E-state index in [0.29, 0.717) is 27.7 Å². The number of carbonyl (C=O) groups excluding carboxylic acids is 2. The van der Waals surface area contributed by atoms with Crippen molar-refractivity contribution >= 4 is 40.8 Å². The molecular weight excluding hydrogens is 372 g/mol. The number of methoxy groups -OCH3 is 1. The summed E-state index contributed by atoms with van der Waals surface area (Å²) in [5, 5.41) is 14.4. The van der Waals surface area contributed by atoms with E-state index in [2.05, 4.69) is 10.6 Å². The number of amides is 2. The van der Waals surface area contributed by atoms with Crippen molar-refractivity contribution in [1.82, 2.24) is 0 Å². The predicted octanol–water partition coefficient (Wildman–Crippen LogP) is 3.79. The van der Waals surface area contributed by atoms with Gasteiger partial charge in [0.15, 0.2) is 0 Å². The van der Waals surface area contributed by atoms with Gasteiger partial charge in [-0.3, -0.25) is 14.4 Å². The summed E-state index contributed by atoms with van der Waals surface area (Å²) in [6.45, 7) is 0. The van der Waals surface area contributed by atoms with Crippen LogP contribution in [0.1, 0.15) is 29.6 Å². The molecule has 0 aliphatic rings. The van der Waals surface area contributed by atoms with E-state index < -0.39 is 5.97 Å². The zero-order chi connectivity index (χ0) is 19.8. The fourth-order valence-corrected chi connectivity index (χ4v) is 2.47. The Hall–Kier alpha value is -3.06. The van der Waals surface area contributed by atoms with Gasteiger partial charge in [0.1, 0.15) is 5.75 Å². The molecule has 7 nitrogen and oxygen atoms in total. The van der Waals surface area contributed by atoms with Crippen molar-refractivity contribution in [2.75, 3.05) is 17.7 Å². The molecule has 0 aliphatic carbocycles. The number of hydrogen-bond donors (Lipinski definition) is 3. The second-order valence-corrected chi connectivity index (χ2v) is 6.11. The van der Waals surface area contributed by atoms with Gasteiger partial charge in [-0.1, -0.05) is 11.6 Å². The van der Waals surface area contributed by atoms with E-state index in [1.54, 1.807) is 42.5 Å². The zero-order valence-electron chi connectivity index (χ0n) is 14.6. The highest BCUT2D eigenvalue weighted by Crippen LogP contribution is 2.28. The first-order valence-corrected chi connectivity index (χ1v) is 8.53. The van der Waals surface area contributed by atoms with Gasteiger partial charge in [0.25, 0.3) is 5.91 Å². The van der Waals surface area contributed by atoms with Gasteiger partial charge in [0.05, 0.1) is 12.8 Å². The Kier molecular flexibility index (Phi) is 7.19. The van der Waals surface area contributed by atoms with E-state index in [1.165, 1.54) is 7.11 Å². The normalized spacial score (nSPS) is 10.1. The molecule has 27 heavy (non-hydrogen) atoms. The molecule has 0 atom stereocenters. The molecule has 0 aliphatic heterocycles. The lowest BCUT2D eigenvalue weighted by atomic mass is 10.1. The molecule has 2 amide bonds. The van der Waals surface area contributed by atoms with E-state index >= 15 is 0 Å². The van der Waals surface area contributed by atoms with Crippen LogP contribution in [0.4, 0.5) is 11.4 Å². The number of nitrogens with one attached hydrogen (secondary N) is 2. The first-order chi connectivity index (χ1) is 12.9. The van der Waals surface area contributed by atoms with Gasteiger partial charge < -0.3 is 20.5 Å². The van der Waals surface area contributed by atoms with Gasteiger partial charge >= 0.3 is 5.97 Å². The van der Waals surface area contributed by atoms with Gasteiger partial charge in [-0.15, -0.1) is 0 Å². The van der Waals surface area contributed by atoms with Crippen LogP contribution in [0.5, 0.6) is 5.75 Å². The molecule has 142 valence electrons. The number of halogens is 1. The highest BCUT2D eigenvalue weighted by atomic mass is 35.5. The number of anilines is 2. The summed E-state index contributed by atoms with van der Waals surface area (Å²) in [7, 11) is 1.49. The van der Waals surface area contributed by atoms with E-state index in [-0.39, 0.29) is 31.1 Å². The van der Waals surface area contributed by atoms with Crippen molar-refractivity contribution < 1.29 is 24.2 Å². The highest BCUT2D eigenvalue weighted by molar-refractivity contribution is 6.31. The summed E-state index contributed by atoms with van der Waals surface area (Å²) >= 11 is 5.95. The van der Waals surface area contributed by atoms with Crippen molar-refractivity contribution in [2.24, 2.45) is 0 Å².